The number of hydrogen-bond donors (Lipinski definition) is 2. The quantitative estimate of drug-likeness (QED) is 0.488. The first-order valence-corrected chi connectivity index (χ1v) is 3.71. The minimum atomic E-state index is -0.877. The zero-order chi connectivity index (χ0) is 8.40. The highest BCUT2D eigenvalue weighted by molar-refractivity contribution is 5.22. The van der Waals surface area contributed by atoms with Gasteiger partial charge < -0.3 is 14.9 Å². The van der Waals surface area contributed by atoms with E-state index in [0.29, 0.717) is 0 Å². The lowest BCUT2D eigenvalue weighted by atomic mass is 10.3. The molecule has 3 rings (SSSR count). The average Bonchev–Trinajstić information content (AvgIpc) is 2.67. The fourth-order valence-electron chi connectivity index (χ4n) is 1.28. The second kappa shape index (κ2) is 1.82. The maximum atomic E-state index is 8.91. The Kier molecular flexibility index (Phi) is 1.09. The van der Waals surface area contributed by atoms with Gasteiger partial charge in [-0.1, -0.05) is 0 Å². The Morgan fingerprint density at radius 3 is 2.67 bits per heavy atom. The number of ether oxygens (including phenoxy) is 4. The Morgan fingerprint density at radius 2 is 2.25 bits per heavy atom. The van der Waals surface area contributed by atoms with Crippen molar-refractivity contribution in [2.45, 2.75) is 24.2 Å². The molecule has 0 saturated carbocycles. The van der Waals surface area contributed by atoms with Gasteiger partial charge in [0.05, 0.1) is 13.2 Å². The van der Waals surface area contributed by atoms with Gasteiger partial charge >= 0.3 is 11.8 Å². The minimum Gasteiger partial charge on any atom is -0.394 e. The van der Waals surface area contributed by atoms with Crippen LogP contribution in [-0.2, 0) is 18.9 Å². The largest absolute Gasteiger partial charge is 0.394 e. The lowest BCUT2D eigenvalue weighted by molar-refractivity contribution is -0.220. The van der Waals surface area contributed by atoms with Crippen molar-refractivity contribution in [1.82, 2.24) is 0 Å². The summed E-state index contributed by atoms with van der Waals surface area (Å²) in [6.45, 7) is -0.307. The third-order valence-electron chi connectivity index (χ3n) is 2.14. The summed E-state index contributed by atoms with van der Waals surface area (Å²) in [5.74, 6) is -1.43. The van der Waals surface area contributed by atoms with E-state index in [2.05, 4.69) is 0 Å². The minimum absolute atomic E-state index is 0.0196. The summed E-state index contributed by atoms with van der Waals surface area (Å²) >= 11 is 0. The predicted molar refractivity (Wildman–Crippen MR) is 31.5 cm³/mol. The first-order valence-electron chi connectivity index (χ1n) is 3.71. The zero-order valence-electron chi connectivity index (χ0n) is 6.10. The molecule has 68 valence electrons. The molecule has 2 unspecified atom stereocenters. The van der Waals surface area contributed by atoms with Crippen LogP contribution >= 0.6 is 0 Å². The Labute approximate surface area is 67.6 Å². The van der Waals surface area contributed by atoms with E-state index in [9.17, 15) is 0 Å². The molecule has 0 aromatic heterocycles. The standard InChI is InChI=1S/C6H8O6/c7-1-3(8)2-9-4-5-6(10-4,11-5)12-5/h3-4,7-8H,1-2H2. The molecule has 3 aliphatic heterocycles. The van der Waals surface area contributed by atoms with Crippen molar-refractivity contribution < 1.29 is 29.2 Å². The fourth-order valence-corrected chi connectivity index (χ4v) is 1.28. The summed E-state index contributed by atoms with van der Waals surface area (Å²) in [6, 6.07) is 0. The molecule has 3 heterocycles. The number of aliphatic hydroxyl groups is 2. The second-order valence-corrected chi connectivity index (χ2v) is 3.05. The monoisotopic (exact) mass is 176 g/mol. The summed E-state index contributed by atoms with van der Waals surface area (Å²) in [5.41, 5.74) is 0. The molecule has 0 spiro atoms. The first kappa shape index (κ1) is 7.19. The SMILES string of the molecule is OCC(O)COC1OC23OC12O3. The lowest BCUT2D eigenvalue weighted by Crippen LogP contribution is -2.38. The summed E-state index contributed by atoms with van der Waals surface area (Å²) < 4.78 is 20.0. The summed E-state index contributed by atoms with van der Waals surface area (Å²) in [7, 11) is 0. The molecule has 6 nitrogen and oxygen atoms in total. The smallest absolute Gasteiger partial charge is 0.354 e. The van der Waals surface area contributed by atoms with E-state index in [1.165, 1.54) is 0 Å². The Balaban J connectivity index is 1.46. The second-order valence-electron chi connectivity index (χ2n) is 3.05. The molecule has 2 N–H and O–H groups in total. The fraction of sp³-hybridized carbons (Fsp3) is 1.00. The highest BCUT2D eigenvalue weighted by Gasteiger charge is 3.07. The molecule has 0 aromatic rings. The average molecular weight is 176 g/mol. The van der Waals surface area contributed by atoms with Crippen molar-refractivity contribution in [2.24, 2.45) is 0 Å². The lowest BCUT2D eigenvalue weighted by Gasteiger charge is -2.17. The van der Waals surface area contributed by atoms with Crippen LogP contribution in [0.2, 0.25) is 0 Å². The molecule has 0 aliphatic carbocycles. The van der Waals surface area contributed by atoms with E-state index in [1.54, 1.807) is 0 Å². The van der Waals surface area contributed by atoms with Crippen LogP contribution in [0.3, 0.4) is 0 Å². The van der Waals surface area contributed by atoms with Crippen molar-refractivity contribution >= 4 is 0 Å². The van der Waals surface area contributed by atoms with Crippen LogP contribution in [0.1, 0.15) is 0 Å². The van der Waals surface area contributed by atoms with Crippen molar-refractivity contribution in [1.29, 1.82) is 0 Å². The maximum Gasteiger partial charge on any atom is 0.354 e. The Morgan fingerprint density at radius 1 is 1.50 bits per heavy atom. The summed E-state index contributed by atoms with van der Waals surface area (Å²) in [5, 5.41) is 17.4. The molecule has 3 saturated heterocycles. The molecule has 3 aliphatic rings. The topological polar surface area (TPSA) is 84.0 Å². The molecule has 3 fully saturated rings. The Bertz CT molecular complexity index is 222. The molecular formula is C6H8O6. The highest BCUT2D eigenvalue weighted by atomic mass is 17.2. The van der Waals surface area contributed by atoms with Crippen LogP contribution in [0, 0.1) is 0 Å². The van der Waals surface area contributed by atoms with Gasteiger partial charge in [0.1, 0.15) is 6.10 Å². The molecule has 0 radical (unpaired) electrons. The van der Waals surface area contributed by atoms with Crippen molar-refractivity contribution in [3.05, 3.63) is 0 Å². The van der Waals surface area contributed by atoms with Crippen LogP contribution in [-0.4, -0.2) is 47.6 Å². The van der Waals surface area contributed by atoms with Crippen LogP contribution in [0.4, 0.5) is 0 Å². The zero-order valence-corrected chi connectivity index (χ0v) is 6.10. The third kappa shape index (κ3) is 0.620. The van der Waals surface area contributed by atoms with Gasteiger partial charge in [-0.3, -0.25) is 14.2 Å². The van der Waals surface area contributed by atoms with Gasteiger partial charge in [0.15, 0.2) is 0 Å². The predicted octanol–water partition coefficient (Wildman–Crippen LogP) is -1.88. The van der Waals surface area contributed by atoms with Gasteiger partial charge in [0.2, 0.25) is 6.29 Å². The van der Waals surface area contributed by atoms with E-state index in [1.807, 2.05) is 0 Å². The van der Waals surface area contributed by atoms with Crippen LogP contribution in [0.5, 0.6) is 0 Å². The first-order chi connectivity index (χ1) is 5.72. The third-order valence-corrected chi connectivity index (χ3v) is 2.14. The molecule has 0 bridgehead atoms. The number of epoxide rings is 2. The van der Waals surface area contributed by atoms with Crippen molar-refractivity contribution in [2.75, 3.05) is 13.2 Å². The molecule has 0 amide bonds. The van der Waals surface area contributed by atoms with E-state index in [0.717, 1.165) is 0 Å². The number of hydrogen-bond acceptors (Lipinski definition) is 6. The van der Waals surface area contributed by atoms with Gasteiger partial charge in [0, 0.05) is 0 Å². The van der Waals surface area contributed by atoms with Crippen LogP contribution in [0.15, 0.2) is 0 Å². The Hall–Kier alpha value is -0.240. The van der Waals surface area contributed by atoms with E-state index < -0.39 is 24.2 Å². The maximum absolute atomic E-state index is 8.91. The van der Waals surface area contributed by atoms with Crippen LogP contribution in [0.25, 0.3) is 0 Å². The van der Waals surface area contributed by atoms with Gasteiger partial charge in [-0.05, 0) is 0 Å². The van der Waals surface area contributed by atoms with Crippen LogP contribution < -0.4 is 0 Å². The van der Waals surface area contributed by atoms with E-state index >= 15 is 0 Å². The van der Waals surface area contributed by atoms with Gasteiger partial charge in [0.25, 0.3) is 0 Å². The summed E-state index contributed by atoms with van der Waals surface area (Å²) in [6.07, 6.45) is -1.42. The molecule has 12 heavy (non-hydrogen) atoms. The van der Waals surface area contributed by atoms with Crippen molar-refractivity contribution in [3.8, 4) is 0 Å². The molecule has 6 heteroatoms. The molecular weight excluding hydrogens is 168 g/mol. The molecule has 2 atom stereocenters. The van der Waals surface area contributed by atoms with Gasteiger partial charge in [-0.15, -0.1) is 0 Å². The normalized spacial score (nSPS) is 55.0. The number of aliphatic hydroxyl groups excluding tert-OH is 2. The van der Waals surface area contributed by atoms with E-state index in [-0.39, 0.29) is 13.2 Å². The molecule has 0 aromatic carbocycles. The van der Waals surface area contributed by atoms with Crippen molar-refractivity contribution in [3.63, 3.8) is 0 Å². The number of rotatable bonds is 4. The van der Waals surface area contributed by atoms with Gasteiger partial charge in [-0.2, -0.15) is 0 Å². The van der Waals surface area contributed by atoms with E-state index in [4.69, 9.17) is 29.2 Å². The van der Waals surface area contributed by atoms with Gasteiger partial charge in [-0.25, -0.2) is 0 Å². The highest BCUT2D eigenvalue weighted by Crippen LogP contribution is 2.79. The summed E-state index contributed by atoms with van der Waals surface area (Å²) in [4.78, 5) is 0.